The van der Waals surface area contributed by atoms with Crippen LogP contribution < -0.4 is 10.6 Å². The van der Waals surface area contributed by atoms with Gasteiger partial charge in [0.05, 0.1) is 6.04 Å². The average molecular weight is 293 g/mol. The minimum atomic E-state index is -0.210. The Morgan fingerprint density at radius 2 is 1.80 bits per heavy atom. The molecule has 0 bridgehead atoms. The van der Waals surface area contributed by atoms with Crippen LogP contribution in [0.5, 0.6) is 11.5 Å². The first-order valence-electron chi connectivity index (χ1n) is 6.23. The number of anilines is 1. The van der Waals surface area contributed by atoms with Crippen molar-refractivity contribution in [3.05, 3.63) is 53.1 Å². The summed E-state index contributed by atoms with van der Waals surface area (Å²) in [5, 5.41) is 19.9. The van der Waals surface area contributed by atoms with Gasteiger partial charge in [0.15, 0.2) is 0 Å². The van der Waals surface area contributed by atoms with Crippen LogP contribution in [0, 0.1) is 0 Å². The Morgan fingerprint density at radius 3 is 2.40 bits per heavy atom. The van der Waals surface area contributed by atoms with Gasteiger partial charge in [-0.2, -0.15) is 0 Å². The van der Waals surface area contributed by atoms with Crippen LogP contribution >= 0.6 is 11.6 Å². The highest BCUT2D eigenvalue weighted by molar-refractivity contribution is 6.30. The normalized spacial score (nSPS) is 12.2. The summed E-state index contributed by atoms with van der Waals surface area (Å²) in [7, 11) is 1.88. The van der Waals surface area contributed by atoms with E-state index in [-0.39, 0.29) is 17.5 Å². The Bertz CT molecular complexity index is 587. The molecule has 4 N–H and O–H groups in total. The molecule has 0 aliphatic rings. The summed E-state index contributed by atoms with van der Waals surface area (Å²) in [6.45, 7) is 0.325. The number of hydrogen-bond acceptors (Lipinski definition) is 4. The van der Waals surface area contributed by atoms with Gasteiger partial charge in [-0.25, -0.2) is 0 Å². The van der Waals surface area contributed by atoms with E-state index in [0.29, 0.717) is 17.1 Å². The molecule has 0 saturated heterocycles. The van der Waals surface area contributed by atoms with Crippen molar-refractivity contribution in [1.82, 2.24) is 0 Å². The van der Waals surface area contributed by atoms with Gasteiger partial charge in [-0.1, -0.05) is 11.6 Å². The number of nitrogens with zero attached hydrogens (tertiary/aromatic N) is 1. The maximum absolute atomic E-state index is 10.00. The zero-order valence-corrected chi connectivity index (χ0v) is 11.9. The van der Waals surface area contributed by atoms with E-state index in [0.717, 1.165) is 5.69 Å². The average Bonchev–Trinajstić information content (AvgIpc) is 2.44. The smallest absolute Gasteiger partial charge is 0.121 e. The van der Waals surface area contributed by atoms with E-state index < -0.39 is 0 Å². The number of benzene rings is 2. The molecule has 1 atom stereocenters. The number of phenols is 2. The predicted molar refractivity (Wildman–Crippen MR) is 81.4 cm³/mol. The highest BCUT2D eigenvalue weighted by atomic mass is 35.5. The van der Waals surface area contributed by atoms with E-state index in [2.05, 4.69) is 0 Å². The lowest BCUT2D eigenvalue weighted by Gasteiger charge is -2.30. The number of phenolic OH excluding ortho intramolecular Hbond substituents is 2. The summed E-state index contributed by atoms with van der Waals surface area (Å²) in [6, 6.07) is 11.5. The van der Waals surface area contributed by atoms with Crippen molar-refractivity contribution in [1.29, 1.82) is 0 Å². The zero-order chi connectivity index (χ0) is 14.7. The Balaban J connectivity index is 2.36. The number of aromatic hydroxyl groups is 2. The molecule has 0 amide bonds. The van der Waals surface area contributed by atoms with Crippen molar-refractivity contribution < 1.29 is 10.2 Å². The lowest BCUT2D eigenvalue weighted by molar-refractivity contribution is 0.460. The molecule has 4 nitrogen and oxygen atoms in total. The molecule has 2 rings (SSSR count). The SMILES string of the molecule is CN(c1ccc(O)cc1)C(CN)c1cc(Cl)ccc1O. The third-order valence-corrected chi connectivity index (χ3v) is 3.53. The predicted octanol–water partition coefficient (Wildman–Crippen LogP) is 2.89. The van der Waals surface area contributed by atoms with Gasteiger partial charge in [0.1, 0.15) is 11.5 Å². The van der Waals surface area contributed by atoms with Gasteiger partial charge in [0, 0.05) is 29.9 Å². The Labute approximate surface area is 123 Å². The largest absolute Gasteiger partial charge is 0.508 e. The molecule has 106 valence electrons. The molecule has 0 aliphatic carbocycles. The summed E-state index contributed by atoms with van der Waals surface area (Å²) in [4.78, 5) is 1.94. The van der Waals surface area contributed by atoms with Gasteiger partial charge >= 0.3 is 0 Å². The van der Waals surface area contributed by atoms with Crippen LogP contribution in [0.4, 0.5) is 5.69 Å². The molecule has 0 aliphatic heterocycles. The minimum Gasteiger partial charge on any atom is -0.508 e. The van der Waals surface area contributed by atoms with Crippen molar-refractivity contribution in [2.24, 2.45) is 5.73 Å². The molecule has 0 aromatic heterocycles. The van der Waals surface area contributed by atoms with Crippen LogP contribution in [0.2, 0.25) is 5.02 Å². The zero-order valence-electron chi connectivity index (χ0n) is 11.1. The quantitative estimate of drug-likeness (QED) is 0.810. The van der Waals surface area contributed by atoms with Gasteiger partial charge in [0.2, 0.25) is 0 Å². The van der Waals surface area contributed by atoms with Crippen molar-refractivity contribution >= 4 is 17.3 Å². The molecule has 2 aromatic rings. The van der Waals surface area contributed by atoms with Crippen LogP contribution in [0.15, 0.2) is 42.5 Å². The number of halogens is 1. The van der Waals surface area contributed by atoms with E-state index in [1.807, 2.05) is 11.9 Å². The maximum Gasteiger partial charge on any atom is 0.121 e. The van der Waals surface area contributed by atoms with Gasteiger partial charge in [-0.05, 0) is 42.5 Å². The second kappa shape index (κ2) is 6.03. The monoisotopic (exact) mass is 292 g/mol. The van der Waals surface area contributed by atoms with Crippen molar-refractivity contribution in [3.8, 4) is 11.5 Å². The number of likely N-dealkylation sites (N-methyl/N-ethyl adjacent to an activating group) is 1. The third-order valence-electron chi connectivity index (χ3n) is 3.30. The molecule has 0 radical (unpaired) electrons. The fraction of sp³-hybridized carbons (Fsp3) is 0.200. The minimum absolute atomic E-state index is 0.162. The molecule has 2 aromatic carbocycles. The summed E-state index contributed by atoms with van der Waals surface area (Å²) in [5.41, 5.74) is 7.41. The standard InChI is InChI=1S/C15H17ClN2O2/c1-18(11-3-5-12(19)6-4-11)14(9-17)13-8-10(16)2-7-15(13)20/h2-8,14,19-20H,9,17H2,1H3. The van der Waals surface area contributed by atoms with Crippen molar-refractivity contribution in [2.45, 2.75) is 6.04 Å². The van der Waals surface area contributed by atoms with Gasteiger partial charge < -0.3 is 20.8 Å². The molecular formula is C15H17ClN2O2. The first kappa shape index (κ1) is 14.5. The fourth-order valence-electron chi connectivity index (χ4n) is 2.15. The highest BCUT2D eigenvalue weighted by Crippen LogP contribution is 2.32. The van der Waals surface area contributed by atoms with E-state index in [1.165, 1.54) is 0 Å². The second-order valence-electron chi connectivity index (χ2n) is 4.58. The van der Waals surface area contributed by atoms with Crippen LogP contribution in [0.25, 0.3) is 0 Å². The molecule has 0 fully saturated rings. The van der Waals surface area contributed by atoms with E-state index in [4.69, 9.17) is 17.3 Å². The summed E-state index contributed by atoms with van der Waals surface area (Å²) >= 11 is 5.99. The van der Waals surface area contributed by atoms with Gasteiger partial charge in [-0.3, -0.25) is 0 Å². The lowest BCUT2D eigenvalue weighted by Crippen LogP contribution is -2.30. The first-order chi connectivity index (χ1) is 9.52. The number of hydrogen-bond donors (Lipinski definition) is 3. The summed E-state index contributed by atoms with van der Waals surface area (Å²) in [6.07, 6.45) is 0. The van der Waals surface area contributed by atoms with Crippen molar-refractivity contribution in [2.75, 3.05) is 18.5 Å². The summed E-state index contributed by atoms with van der Waals surface area (Å²) < 4.78 is 0. The van der Waals surface area contributed by atoms with Gasteiger partial charge in [0.25, 0.3) is 0 Å². The summed E-state index contributed by atoms with van der Waals surface area (Å²) in [5.74, 6) is 0.368. The molecule has 5 heteroatoms. The Hall–Kier alpha value is -1.91. The van der Waals surface area contributed by atoms with E-state index in [1.54, 1.807) is 42.5 Å². The number of rotatable bonds is 4. The molecule has 0 spiro atoms. The Morgan fingerprint density at radius 1 is 1.15 bits per heavy atom. The third kappa shape index (κ3) is 2.98. The fourth-order valence-corrected chi connectivity index (χ4v) is 2.33. The van der Waals surface area contributed by atoms with Crippen LogP contribution in [-0.4, -0.2) is 23.8 Å². The topological polar surface area (TPSA) is 69.7 Å². The molecule has 0 saturated carbocycles. The lowest BCUT2D eigenvalue weighted by atomic mass is 10.0. The van der Waals surface area contributed by atoms with Gasteiger partial charge in [-0.15, -0.1) is 0 Å². The van der Waals surface area contributed by atoms with Crippen LogP contribution in [0.1, 0.15) is 11.6 Å². The van der Waals surface area contributed by atoms with Crippen LogP contribution in [-0.2, 0) is 0 Å². The van der Waals surface area contributed by atoms with Crippen molar-refractivity contribution in [3.63, 3.8) is 0 Å². The maximum atomic E-state index is 10.00. The number of nitrogens with two attached hydrogens (primary N) is 1. The molecular weight excluding hydrogens is 276 g/mol. The molecule has 1 unspecified atom stereocenters. The van der Waals surface area contributed by atoms with E-state index >= 15 is 0 Å². The molecule has 20 heavy (non-hydrogen) atoms. The first-order valence-corrected chi connectivity index (χ1v) is 6.61. The molecule has 0 heterocycles. The highest BCUT2D eigenvalue weighted by Gasteiger charge is 2.19. The Kier molecular flexibility index (Phi) is 4.37. The van der Waals surface area contributed by atoms with Crippen LogP contribution in [0.3, 0.4) is 0 Å². The second-order valence-corrected chi connectivity index (χ2v) is 5.02. The van der Waals surface area contributed by atoms with E-state index in [9.17, 15) is 10.2 Å².